The van der Waals surface area contributed by atoms with Crippen LogP contribution in [0, 0.1) is 0 Å². The fourth-order valence-electron chi connectivity index (χ4n) is 3.07. The summed E-state index contributed by atoms with van der Waals surface area (Å²) in [6.45, 7) is 0.0886. The van der Waals surface area contributed by atoms with Crippen molar-refractivity contribution in [3.8, 4) is 5.75 Å². The van der Waals surface area contributed by atoms with E-state index < -0.39 is 22.1 Å². The quantitative estimate of drug-likeness (QED) is 0.575. The highest BCUT2D eigenvalue weighted by atomic mass is 32.2. The monoisotopic (exact) mass is 436 g/mol. The maximum Gasteiger partial charge on any atom is 0.338 e. The molecule has 0 fully saturated rings. The van der Waals surface area contributed by atoms with E-state index in [-0.39, 0.29) is 23.9 Å². The number of esters is 1. The van der Waals surface area contributed by atoms with Gasteiger partial charge in [-0.05, 0) is 36.4 Å². The van der Waals surface area contributed by atoms with E-state index in [4.69, 9.17) is 9.47 Å². The molecular weight excluding hydrogens is 416 g/mol. The van der Waals surface area contributed by atoms with Crippen LogP contribution in [0.25, 0.3) is 0 Å². The number of hydrogen-bond acceptors (Lipinski definition) is 6. The molecular formula is C23H20N2O5S. The van der Waals surface area contributed by atoms with Crippen LogP contribution < -0.4 is 9.46 Å². The Kier molecular flexibility index (Phi) is 5.99. The fraction of sp³-hybridized carbons (Fsp3) is 0.130. The first kappa shape index (κ1) is 20.6. The van der Waals surface area contributed by atoms with Crippen LogP contribution in [0.1, 0.15) is 15.9 Å². The summed E-state index contributed by atoms with van der Waals surface area (Å²) < 4.78 is 38.4. The van der Waals surface area contributed by atoms with Crippen LogP contribution in [0.4, 0.5) is 0 Å². The largest absolute Gasteiger partial charge is 0.490 e. The molecule has 4 rings (SSSR count). The van der Waals surface area contributed by atoms with Crippen molar-refractivity contribution >= 4 is 21.8 Å². The highest BCUT2D eigenvalue weighted by Gasteiger charge is 2.30. The fourth-order valence-corrected chi connectivity index (χ4v) is 4.32. The molecule has 0 aromatic heterocycles. The molecule has 0 amide bonds. The molecule has 1 N–H and O–H groups in total. The van der Waals surface area contributed by atoms with Gasteiger partial charge in [0.1, 0.15) is 18.2 Å². The Morgan fingerprint density at radius 3 is 2.29 bits per heavy atom. The Labute approximate surface area is 180 Å². The van der Waals surface area contributed by atoms with Crippen molar-refractivity contribution in [2.24, 2.45) is 4.99 Å². The van der Waals surface area contributed by atoms with Crippen molar-refractivity contribution < 1.29 is 22.7 Å². The van der Waals surface area contributed by atoms with E-state index in [1.165, 1.54) is 6.07 Å². The zero-order valence-electron chi connectivity index (χ0n) is 16.5. The number of fused-ring (bicyclic) bond motifs is 1. The lowest BCUT2D eigenvalue weighted by Crippen LogP contribution is -2.30. The summed E-state index contributed by atoms with van der Waals surface area (Å²) in [5.74, 6) is 0.341. The zero-order chi connectivity index (χ0) is 21.7. The number of benzene rings is 3. The second-order valence-electron chi connectivity index (χ2n) is 6.81. The molecule has 0 bridgehead atoms. The van der Waals surface area contributed by atoms with E-state index in [1.54, 1.807) is 54.6 Å². The molecule has 1 aliphatic rings. The number of nitrogens with one attached hydrogen (secondary N) is 1. The number of sulfonamides is 1. The Morgan fingerprint density at radius 2 is 1.55 bits per heavy atom. The summed E-state index contributed by atoms with van der Waals surface area (Å²) in [4.78, 5) is 17.1. The van der Waals surface area contributed by atoms with Crippen LogP contribution in [0.15, 0.2) is 94.8 Å². The van der Waals surface area contributed by atoms with E-state index in [0.29, 0.717) is 16.9 Å². The van der Waals surface area contributed by atoms with Crippen LogP contribution >= 0.6 is 0 Å². The predicted octanol–water partition coefficient (Wildman–Crippen LogP) is 3.03. The van der Waals surface area contributed by atoms with Gasteiger partial charge in [-0.1, -0.05) is 48.5 Å². The smallest absolute Gasteiger partial charge is 0.338 e. The number of ether oxygens (including phenoxy) is 2. The first-order valence-corrected chi connectivity index (χ1v) is 11.1. The molecule has 8 heteroatoms. The third-order valence-corrected chi connectivity index (χ3v) is 5.98. The molecule has 1 aliphatic heterocycles. The maximum atomic E-state index is 12.5. The van der Waals surface area contributed by atoms with E-state index in [2.05, 4.69) is 9.71 Å². The van der Waals surface area contributed by atoms with Crippen molar-refractivity contribution in [1.82, 2.24) is 4.72 Å². The topological polar surface area (TPSA) is 94.1 Å². The summed E-state index contributed by atoms with van der Waals surface area (Å²) >= 11 is 0. The van der Waals surface area contributed by atoms with Crippen LogP contribution in [0.3, 0.4) is 0 Å². The SMILES string of the molecule is O=C(OC(CN=C1NS(=O)(=O)c2ccccc21)COc1ccccc1)c1ccccc1. The Bertz CT molecular complexity index is 1190. The van der Waals surface area contributed by atoms with Crippen molar-refractivity contribution in [3.05, 3.63) is 96.1 Å². The van der Waals surface area contributed by atoms with Gasteiger partial charge in [0.25, 0.3) is 10.0 Å². The highest BCUT2D eigenvalue weighted by molar-refractivity contribution is 7.90. The first-order chi connectivity index (χ1) is 15.0. The summed E-state index contributed by atoms with van der Waals surface area (Å²) in [5, 5.41) is 0. The minimum atomic E-state index is -3.64. The van der Waals surface area contributed by atoms with E-state index >= 15 is 0 Å². The van der Waals surface area contributed by atoms with Crippen LogP contribution in [0.5, 0.6) is 5.75 Å². The zero-order valence-corrected chi connectivity index (χ0v) is 17.3. The molecule has 0 saturated carbocycles. The average molecular weight is 436 g/mol. The summed E-state index contributed by atoms with van der Waals surface area (Å²) in [6, 6.07) is 24.3. The lowest BCUT2D eigenvalue weighted by molar-refractivity contribution is 0.0202. The third kappa shape index (κ3) is 4.92. The lowest BCUT2D eigenvalue weighted by Gasteiger charge is -2.17. The average Bonchev–Trinajstić information content (AvgIpc) is 3.07. The number of aliphatic imine (C=N–C) groups is 1. The first-order valence-electron chi connectivity index (χ1n) is 9.63. The molecule has 3 aromatic carbocycles. The van der Waals surface area contributed by atoms with Gasteiger partial charge in [0.2, 0.25) is 0 Å². The maximum absolute atomic E-state index is 12.5. The van der Waals surface area contributed by atoms with E-state index in [0.717, 1.165) is 0 Å². The molecule has 31 heavy (non-hydrogen) atoms. The Balaban J connectivity index is 1.53. The minimum Gasteiger partial charge on any atom is -0.490 e. The van der Waals surface area contributed by atoms with Crippen molar-refractivity contribution in [2.75, 3.05) is 13.2 Å². The molecule has 0 radical (unpaired) electrons. The minimum absolute atomic E-state index is 0.0254. The number of hydrogen-bond donors (Lipinski definition) is 1. The van der Waals surface area contributed by atoms with Gasteiger partial charge in [-0.15, -0.1) is 0 Å². The number of para-hydroxylation sites is 1. The molecule has 0 spiro atoms. The lowest BCUT2D eigenvalue weighted by atomic mass is 10.2. The molecule has 0 aliphatic carbocycles. The van der Waals surface area contributed by atoms with Gasteiger partial charge in [0.05, 0.1) is 17.0 Å². The second kappa shape index (κ2) is 9.01. The molecule has 3 aromatic rings. The van der Waals surface area contributed by atoms with Gasteiger partial charge in [0, 0.05) is 5.56 Å². The third-order valence-electron chi connectivity index (χ3n) is 4.58. The number of carbonyl (C=O) groups is 1. The second-order valence-corrected chi connectivity index (χ2v) is 8.46. The van der Waals surface area contributed by atoms with E-state index in [9.17, 15) is 13.2 Å². The van der Waals surface area contributed by atoms with Crippen LogP contribution in [0.2, 0.25) is 0 Å². The molecule has 1 heterocycles. The predicted molar refractivity (Wildman–Crippen MR) is 116 cm³/mol. The molecule has 7 nitrogen and oxygen atoms in total. The van der Waals surface area contributed by atoms with Crippen molar-refractivity contribution in [1.29, 1.82) is 0 Å². The van der Waals surface area contributed by atoms with Gasteiger partial charge in [-0.2, -0.15) is 0 Å². The Hall–Kier alpha value is -3.65. The van der Waals surface area contributed by atoms with Crippen LogP contribution in [-0.2, 0) is 14.8 Å². The molecule has 158 valence electrons. The van der Waals surface area contributed by atoms with Gasteiger partial charge in [0.15, 0.2) is 6.10 Å². The number of carbonyl (C=O) groups excluding carboxylic acids is 1. The number of rotatable bonds is 7. The van der Waals surface area contributed by atoms with Gasteiger partial charge < -0.3 is 9.47 Å². The van der Waals surface area contributed by atoms with Crippen LogP contribution in [-0.4, -0.2) is 39.5 Å². The summed E-state index contributed by atoms with van der Waals surface area (Å²) in [7, 11) is -3.64. The number of nitrogens with zero attached hydrogens (tertiary/aromatic N) is 1. The van der Waals surface area contributed by atoms with E-state index in [1.807, 2.05) is 24.3 Å². The van der Waals surface area contributed by atoms with Crippen molar-refractivity contribution in [3.63, 3.8) is 0 Å². The highest BCUT2D eigenvalue weighted by Crippen LogP contribution is 2.22. The van der Waals surface area contributed by atoms with Gasteiger partial charge >= 0.3 is 5.97 Å². The molecule has 1 atom stereocenters. The normalized spacial score (nSPS) is 16.2. The summed E-state index contributed by atoms with van der Waals surface area (Å²) in [6.07, 6.45) is -0.724. The molecule has 1 unspecified atom stereocenters. The van der Waals surface area contributed by atoms with Gasteiger partial charge in [-0.25, -0.2) is 13.2 Å². The standard InChI is InChI=1S/C23H20N2O5S/c26-23(17-9-3-1-4-10-17)30-19(16-29-18-11-5-2-6-12-18)15-24-22-20-13-7-8-14-21(20)31(27,28)25-22/h1-14,19H,15-16H2,(H,24,25). The van der Waals surface area contributed by atoms with Gasteiger partial charge in [-0.3, -0.25) is 9.71 Å². The number of amidine groups is 1. The van der Waals surface area contributed by atoms with Crippen molar-refractivity contribution in [2.45, 2.75) is 11.0 Å². The molecule has 0 saturated heterocycles. The summed E-state index contributed by atoms with van der Waals surface area (Å²) in [5.41, 5.74) is 0.895. The Morgan fingerprint density at radius 1 is 0.903 bits per heavy atom.